The van der Waals surface area contributed by atoms with Crippen molar-refractivity contribution in [2.24, 2.45) is 0 Å². The molecule has 1 aromatic carbocycles. The molecule has 1 saturated heterocycles. The van der Waals surface area contributed by atoms with Gasteiger partial charge in [0.05, 0.1) is 4.90 Å². The lowest BCUT2D eigenvalue weighted by Crippen LogP contribution is -2.25. The summed E-state index contributed by atoms with van der Waals surface area (Å²) in [6, 6.07) is 3.11. The molecule has 1 aromatic rings. The number of likely N-dealkylation sites (tertiary alicyclic amines) is 1. The summed E-state index contributed by atoms with van der Waals surface area (Å²) in [5.74, 6) is 0.758. The Morgan fingerprint density at radius 1 is 1.20 bits per heavy atom. The number of hydrogen-bond donors (Lipinski definition) is 0. The van der Waals surface area contributed by atoms with Crippen molar-refractivity contribution >= 4 is 19.7 Å². The van der Waals surface area contributed by atoms with Crippen molar-refractivity contribution in [1.82, 2.24) is 4.90 Å². The Morgan fingerprint density at radius 3 is 2.25 bits per heavy atom. The van der Waals surface area contributed by atoms with Gasteiger partial charge >= 0.3 is 0 Å². The first-order valence-corrected chi connectivity index (χ1v) is 9.10. The molecule has 0 spiro atoms. The van der Waals surface area contributed by atoms with Gasteiger partial charge in [-0.15, -0.1) is 0 Å². The number of rotatable bonds is 5. The molecule has 0 N–H and O–H groups in total. The summed E-state index contributed by atoms with van der Waals surface area (Å²) in [4.78, 5) is 2.50. The predicted molar refractivity (Wildman–Crippen MR) is 80.1 cm³/mol. The van der Waals surface area contributed by atoms with Gasteiger partial charge in [-0.2, -0.15) is 0 Å². The molecule has 6 heteroatoms. The Bertz CT molecular complexity index is 557. The third kappa shape index (κ3) is 3.87. The van der Waals surface area contributed by atoms with E-state index in [9.17, 15) is 8.42 Å². The fourth-order valence-corrected chi connectivity index (χ4v) is 3.46. The van der Waals surface area contributed by atoms with Gasteiger partial charge in [0.1, 0.15) is 12.4 Å². The lowest BCUT2D eigenvalue weighted by Gasteiger charge is -2.17. The van der Waals surface area contributed by atoms with Crippen LogP contribution in [0.4, 0.5) is 0 Å². The van der Waals surface area contributed by atoms with Crippen molar-refractivity contribution in [2.75, 3.05) is 26.2 Å². The Balaban J connectivity index is 2.04. The minimum Gasteiger partial charge on any atom is -0.492 e. The Hall–Kier alpha value is -0.780. The fraction of sp³-hybridized carbons (Fsp3) is 0.571. The van der Waals surface area contributed by atoms with Crippen LogP contribution in [0.5, 0.6) is 5.75 Å². The standard InChI is InChI=1S/C14H20ClNO3S/c1-11-9-13(20(15,17)18)10-12(2)14(11)19-8-7-16-5-3-4-6-16/h9-10H,3-8H2,1-2H3. The lowest BCUT2D eigenvalue weighted by atomic mass is 10.1. The molecule has 0 unspecified atom stereocenters. The molecular formula is C14H20ClNO3S. The van der Waals surface area contributed by atoms with E-state index >= 15 is 0 Å². The number of nitrogens with zero attached hydrogens (tertiary/aromatic N) is 1. The van der Waals surface area contributed by atoms with Gasteiger partial charge in [0.25, 0.3) is 9.05 Å². The number of aryl methyl sites for hydroxylation is 2. The third-order valence-corrected chi connectivity index (χ3v) is 4.90. The van der Waals surface area contributed by atoms with Crippen LogP contribution in [0.25, 0.3) is 0 Å². The van der Waals surface area contributed by atoms with E-state index in [4.69, 9.17) is 15.4 Å². The van der Waals surface area contributed by atoms with E-state index in [1.165, 1.54) is 12.8 Å². The van der Waals surface area contributed by atoms with Crippen LogP contribution in [0.3, 0.4) is 0 Å². The monoisotopic (exact) mass is 317 g/mol. The molecule has 1 fully saturated rings. The smallest absolute Gasteiger partial charge is 0.261 e. The normalized spacial score (nSPS) is 16.6. The van der Waals surface area contributed by atoms with Crippen molar-refractivity contribution in [3.63, 3.8) is 0 Å². The molecule has 0 saturated carbocycles. The molecule has 0 bridgehead atoms. The third-order valence-electron chi connectivity index (χ3n) is 3.57. The first-order chi connectivity index (χ1) is 9.38. The van der Waals surface area contributed by atoms with Crippen LogP contribution in [-0.4, -0.2) is 39.6 Å². The SMILES string of the molecule is Cc1cc(S(=O)(=O)Cl)cc(C)c1OCCN1CCCC1. The Labute approximate surface area is 125 Å². The van der Waals surface area contributed by atoms with Crippen molar-refractivity contribution in [2.45, 2.75) is 31.6 Å². The molecule has 0 atom stereocenters. The van der Waals surface area contributed by atoms with Crippen LogP contribution in [0.15, 0.2) is 17.0 Å². The molecule has 0 aromatic heterocycles. The second kappa shape index (κ2) is 6.33. The van der Waals surface area contributed by atoms with Gasteiger partial charge in [0, 0.05) is 17.2 Å². The molecule has 0 aliphatic carbocycles. The second-order valence-corrected chi connectivity index (χ2v) is 7.79. The molecule has 0 amide bonds. The first-order valence-electron chi connectivity index (χ1n) is 6.79. The summed E-state index contributed by atoms with van der Waals surface area (Å²) < 4.78 is 28.5. The number of ether oxygens (including phenoxy) is 1. The van der Waals surface area contributed by atoms with Gasteiger partial charge < -0.3 is 4.74 Å². The summed E-state index contributed by atoms with van der Waals surface area (Å²) >= 11 is 0. The summed E-state index contributed by atoms with van der Waals surface area (Å²) in [6.07, 6.45) is 2.53. The van der Waals surface area contributed by atoms with Crippen LogP contribution < -0.4 is 4.74 Å². The van der Waals surface area contributed by atoms with Gasteiger partial charge in [-0.05, 0) is 63.0 Å². The van der Waals surface area contributed by atoms with Crippen molar-refractivity contribution < 1.29 is 13.2 Å². The molecule has 1 aliphatic heterocycles. The molecule has 1 aliphatic rings. The largest absolute Gasteiger partial charge is 0.492 e. The first kappa shape index (κ1) is 15.6. The molecule has 2 rings (SSSR count). The number of benzene rings is 1. The van der Waals surface area contributed by atoms with Crippen molar-refractivity contribution in [3.8, 4) is 5.75 Å². The maximum Gasteiger partial charge on any atom is 0.261 e. The summed E-state index contributed by atoms with van der Waals surface area (Å²) in [5.41, 5.74) is 1.59. The number of hydrogen-bond acceptors (Lipinski definition) is 4. The van der Waals surface area contributed by atoms with Crippen LogP contribution >= 0.6 is 10.7 Å². The van der Waals surface area contributed by atoms with Gasteiger partial charge in [-0.1, -0.05) is 0 Å². The summed E-state index contributed by atoms with van der Waals surface area (Å²) in [7, 11) is 1.68. The van der Waals surface area contributed by atoms with E-state index in [1.807, 2.05) is 13.8 Å². The highest BCUT2D eigenvalue weighted by Crippen LogP contribution is 2.28. The molecule has 112 valence electrons. The average Bonchev–Trinajstić information content (AvgIpc) is 2.84. The highest BCUT2D eigenvalue weighted by Gasteiger charge is 2.15. The molecule has 20 heavy (non-hydrogen) atoms. The quantitative estimate of drug-likeness (QED) is 0.783. The zero-order valence-corrected chi connectivity index (χ0v) is 13.4. The zero-order valence-electron chi connectivity index (χ0n) is 11.9. The van der Waals surface area contributed by atoms with E-state index in [1.54, 1.807) is 12.1 Å². The summed E-state index contributed by atoms with van der Waals surface area (Å²) in [6.45, 7) is 7.49. The highest BCUT2D eigenvalue weighted by molar-refractivity contribution is 8.13. The maximum atomic E-state index is 11.4. The second-order valence-electron chi connectivity index (χ2n) is 5.22. The Morgan fingerprint density at radius 2 is 1.75 bits per heavy atom. The van der Waals surface area contributed by atoms with E-state index in [0.717, 1.165) is 36.5 Å². The van der Waals surface area contributed by atoms with E-state index in [2.05, 4.69) is 4.90 Å². The lowest BCUT2D eigenvalue weighted by molar-refractivity contribution is 0.236. The average molecular weight is 318 g/mol. The number of halogens is 1. The highest BCUT2D eigenvalue weighted by atomic mass is 35.7. The van der Waals surface area contributed by atoms with Crippen LogP contribution in [0.1, 0.15) is 24.0 Å². The maximum absolute atomic E-state index is 11.4. The van der Waals surface area contributed by atoms with Gasteiger partial charge in [-0.3, -0.25) is 4.90 Å². The molecule has 0 radical (unpaired) electrons. The predicted octanol–water partition coefficient (Wildman–Crippen LogP) is 2.71. The van der Waals surface area contributed by atoms with Gasteiger partial charge in [0.15, 0.2) is 0 Å². The fourth-order valence-electron chi connectivity index (χ4n) is 2.56. The van der Waals surface area contributed by atoms with E-state index in [0.29, 0.717) is 6.61 Å². The van der Waals surface area contributed by atoms with Crippen molar-refractivity contribution in [1.29, 1.82) is 0 Å². The molecular weight excluding hydrogens is 298 g/mol. The Kier molecular flexibility index (Phi) is 4.94. The van der Waals surface area contributed by atoms with Crippen LogP contribution in [-0.2, 0) is 9.05 Å². The van der Waals surface area contributed by atoms with Crippen molar-refractivity contribution in [3.05, 3.63) is 23.3 Å². The topological polar surface area (TPSA) is 46.6 Å². The minimum absolute atomic E-state index is 0.126. The van der Waals surface area contributed by atoms with Gasteiger partial charge in [0.2, 0.25) is 0 Å². The molecule has 1 heterocycles. The van der Waals surface area contributed by atoms with Gasteiger partial charge in [-0.25, -0.2) is 8.42 Å². The van der Waals surface area contributed by atoms with Crippen LogP contribution in [0.2, 0.25) is 0 Å². The minimum atomic E-state index is -3.69. The van der Waals surface area contributed by atoms with E-state index in [-0.39, 0.29) is 4.90 Å². The summed E-state index contributed by atoms with van der Waals surface area (Å²) in [5, 5.41) is 0. The van der Waals surface area contributed by atoms with E-state index < -0.39 is 9.05 Å². The molecule has 4 nitrogen and oxygen atoms in total. The van der Waals surface area contributed by atoms with Crippen LogP contribution in [0, 0.1) is 13.8 Å². The zero-order chi connectivity index (χ0) is 14.8.